The molecule has 1 aromatic carbocycles. The summed E-state index contributed by atoms with van der Waals surface area (Å²) in [5, 5.41) is 13.7. The van der Waals surface area contributed by atoms with E-state index in [9.17, 15) is 9.18 Å². The van der Waals surface area contributed by atoms with Crippen molar-refractivity contribution < 1.29 is 9.18 Å². The second kappa shape index (κ2) is 6.08. The van der Waals surface area contributed by atoms with E-state index in [0.717, 1.165) is 0 Å². The van der Waals surface area contributed by atoms with Gasteiger partial charge in [0.2, 0.25) is 0 Å². The second-order valence-electron chi connectivity index (χ2n) is 3.97. The number of carbonyl (C=O) groups is 1. The van der Waals surface area contributed by atoms with Crippen molar-refractivity contribution in [3.8, 4) is 6.07 Å². The van der Waals surface area contributed by atoms with Crippen LogP contribution in [0.2, 0.25) is 0 Å². The number of amides is 1. The summed E-state index contributed by atoms with van der Waals surface area (Å²) in [5.74, 6) is -0.864. The lowest BCUT2D eigenvalue weighted by Gasteiger charge is -2.01. The highest BCUT2D eigenvalue weighted by atomic mass is 32.1. The van der Waals surface area contributed by atoms with Gasteiger partial charge in [0.1, 0.15) is 17.5 Å². The number of nitriles is 1. The molecule has 0 saturated carbocycles. The van der Waals surface area contributed by atoms with Crippen LogP contribution in [0.25, 0.3) is 6.08 Å². The smallest absolute Gasteiger partial charge is 0.268 e. The molecular weight excluding hydrogens is 277 g/mol. The largest absolute Gasteiger partial charge is 0.297 e. The van der Waals surface area contributed by atoms with Crippen molar-refractivity contribution in [2.75, 3.05) is 5.32 Å². The SMILES string of the molecule is Cc1cc(C=C(C#N)C(=O)Nc2nccs2)ccc1F. The number of anilines is 1. The molecular formula is C14H10FN3OS. The van der Waals surface area contributed by atoms with E-state index in [0.29, 0.717) is 16.3 Å². The first kappa shape index (κ1) is 13.9. The van der Waals surface area contributed by atoms with E-state index in [1.807, 2.05) is 6.07 Å². The molecule has 0 atom stereocenters. The van der Waals surface area contributed by atoms with Gasteiger partial charge in [-0.25, -0.2) is 9.37 Å². The number of benzene rings is 1. The molecule has 100 valence electrons. The average molecular weight is 287 g/mol. The zero-order valence-corrected chi connectivity index (χ0v) is 11.4. The van der Waals surface area contributed by atoms with Crippen LogP contribution in [0.15, 0.2) is 35.3 Å². The van der Waals surface area contributed by atoms with Gasteiger partial charge >= 0.3 is 0 Å². The molecule has 0 aliphatic rings. The standard InChI is InChI=1S/C14H10FN3OS/c1-9-6-10(2-3-12(9)15)7-11(8-16)13(19)18-14-17-4-5-20-14/h2-7H,1H3,(H,17,18,19). The van der Waals surface area contributed by atoms with Crippen LogP contribution in [-0.2, 0) is 4.79 Å². The van der Waals surface area contributed by atoms with Gasteiger partial charge in [-0.05, 0) is 36.3 Å². The highest BCUT2D eigenvalue weighted by molar-refractivity contribution is 7.13. The highest BCUT2D eigenvalue weighted by Gasteiger charge is 2.11. The molecule has 1 N–H and O–H groups in total. The Bertz CT molecular complexity index is 702. The zero-order chi connectivity index (χ0) is 14.5. The zero-order valence-electron chi connectivity index (χ0n) is 10.6. The van der Waals surface area contributed by atoms with Gasteiger partial charge in [0.15, 0.2) is 5.13 Å². The van der Waals surface area contributed by atoms with Crippen molar-refractivity contribution in [1.82, 2.24) is 4.98 Å². The molecule has 0 spiro atoms. The third-order valence-electron chi connectivity index (χ3n) is 2.51. The minimum atomic E-state index is -0.538. The fourth-order valence-electron chi connectivity index (χ4n) is 1.52. The molecule has 0 radical (unpaired) electrons. The normalized spacial score (nSPS) is 10.9. The molecule has 1 heterocycles. The van der Waals surface area contributed by atoms with Gasteiger partial charge in [-0.2, -0.15) is 5.26 Å². The first-order chi connectivity index (χ1) is 9.60. The fraction of sp³-hybridized carbons (Fsp3) is 0.0714. The monoisotopic (exact) mass is 287 g/mol. The maximum absolute atomic E-state index is 13.2. The summed E-state index contributed by atoms with van der Waals surface area (Å²) in [6.45, 7) is 1.62. The molecule has 1 aromatic heterocycles. The van der Waals surface area contributed by atoms with E-state index in [1.165, 1.54) is 29.5 Å². The molecule has 0 unspecified atom stereocenters. The molecule has 4 nitrogen and oxygen atoms in total. The summed E-state index contributed by atoms with van der Waals surface area (Å²) in [6.07, 6.45) is 2.97. The molecule has 0 saturated heterocycles. The maximum atomic E-state index is 13.2. The van der Waals surface area contributed by atoms with Gasteiger partial charge < -0.3 is 0 Å². The van der Waals surface area contributed by atoms with E-state index < -0.39 is 5.91 Å². The van der Waals surface area contributed by atoms with Crippen LogP contribution in [0.5, 0.6) is 0 Å². The number of thiazole rings is 1. The lowest BCUT2D eigenvalue weighted by atomic mass is 10.1. The summed E-state index contributed by atoms with van der Waals surface area (Å²) < 4.78 is 13.2. The topological polar surface area (TPSA) is 65.8 Å². The minimum Gasteiger partial charge on any atom is -0.297 e. The van der Waals surface area contributed by atoms with Crippen LogP contribution in [0, 0.1) is 24.1 Å². The molecule has 1 amide bonds. The third-order valence-corrected chi connectivity index (χ3v) is 3.20. The van der Waals surface area contributed by atoms with Crippen LogP contribution in [0.1, 0.15) is 11.1 Å². The Kier molecular flexibility index (Phi) is 4.23. The van der Waals surface area contributed by atoms with Crippen molar-refractivity contribution in [3.05, 3.63) is 52.3 Å². The van der Waals surface area contributed by atoms with Gasteiger partial charge in [0.05, 0.1) is 0 Å². The van der Waals surface area contributed by atoms with Crippen molar-refractivity contribution in [1.29, 1.82) is 5.26 Å². The predicted molar refractivity (Wildman–Crippen MR) is 75.5 cm³/mol. The number of aromatic nitrogens is 1. The summed E-state index contributed by atoms with van der Waals surface area (Å²) in [6, 6.07) is 6.21. The van der Waals surface area contributed by atoms with Crippen molar-refractivity contribution in [2.24, 2.45) is 0 Å². The number of halogens is 1. The van der Waals surface area contributed by atoms with Crippen molar-refractivity contribution >= 4 is 28.5 Å². The molecule has 0 bridgehead atoms. The Morgan fingerprint density at radius 3 is 2.95 bits per heavy atom. The number of rotatable bonds is 3. The van der Waals surface area contributed by atoms with Gasteiger partial charge in [0, 0.05) is 11.6 Å². The second-order valence-corrected chi connectivity index (χ2v) is 4.86. The fourth-order valence-corrected chi connectivity index (χ4v) is 2.05. The Hall–Kier alpha value is -2.52. The quantitative estimate of drug-likeness (QED) is 0.696. The van der Waals surface area contributed by atoms with E-state index in [2.05, 4.69) is 10.3 Å². The van der Waals surface area contributed by atoms with Crippen LogP contribution in [0.3, 0.4) is 0 Å². The van der Waals surface area contributed by atoms with E-state index >= 15 is 0 Å². The Balaban J connectivity index is 2.22. The predicted octanol–water partition coefficient (Wildman–Crippen LogP) is 3.14. The Morgan fingerprint density at radius 1 is 1.55 bits per heavy atom. The van der Waals surface area contributed by atoms with Crippen LogP contribution in [-0.4, -0.2) is 10.9 Å². The van der Waals surface area contributed by atoms with Crippen molar-refractivity contribution in [3.63, 3.8) is 0 Å². The van der Waals surface area contributed by atoms with Gasteiger partial charge in [-0.3, -0.25) is 10.1 Å². The van der Waals surface area contributed by atoms with E-state index in [4.69, 9.17) is 5.26 Å². The van der Waals surface area contributed by atoms with Crippen molar-refractivity contribution in [2.45, 2.75) is 6.92 Å². The number of hydrogen-bond acceptors (Lipinski definition) is 4. The molecule has 20 heavy (non-hydrogen) atoms. The minimum absolute atomic E-state index is 0.0637. The van der Waals surface area contributed by atoms with Crippen LogP contribution >= 0.6 is 11.3 Å². The van der Waals surface area contributed by atoms with Crippen LogP contribution < -0.4 is 5.32 Å². The number of carbonyl (C=O) groups excluding carboxylic acids is 1. The Morgan fingerprint density at radius 2 is 2.35 bits per heavy atom. The van der Waals surface area contributed by atoms with E-state index in [-0.39, 0.29) is 11.4 Å². The summed E-state index contributed by atoms with van der Waals surface area (Å²) in [4.78, 5) is 15.8. The van der Waals surface area contributed by atoms with Gasteiger partial charge in [-0.15, -0.1) is 11.3 Å². The summed E-state index contributed by atoms with van der Waals surface area (Å²) >= 11 is 1.26. The number of aryl methyl sites for hydroxylation is 1. The molecule has 2 rings (SSSR count). The molecule has 2 aromatic rings. The molecule has 6 heteroatoms. The number of nitrogens with one attached hydrogen (secondary N) is 1. The lowest BCUT2D eigenvalue weighted by Crippen LogP contribution is -2.13. The molecule has 0 aliphatic carbocycles. The highest BCUT2D eigenvalue weighted by Crippen LogP contribution is 2.15. The maximum Gasteiger partial charge on any atom is 0.268 e. The van der Waals surface area contributed by atoms with Crippen LogP contribution in [0.4, 0.5) is 9.52 Å². The summed E-state index contributed by atoms with van der Waals surface area (Å²) in [7, 11) is 0. The van der Waals surface area contributed by atoms with Gasteiger partial charge in [0.25, 0.3) is 5.91 Å². The summed E-state index contributed by atoms with van der Waals surface area (Å²) in [5.41, 5.74) is 0.984. The van der Waals surface area contributed by atoms with E-state index in [1.54, 1.807) is 24.6 Å². The Labute approximate surface area is 119 Å². The molecule has 0 fully saturated rings. The number of nitrogens with zero attached hydrogens (tertiary/aromatic N) is 2. The number of hydrogen-bond donors (Lipinski definition) is 1. The third kappa shape index (κ3) is 3.28. The average Bonchev–Trinajstić information content (AvgIpc) is 2.92. The first-order valence-corrected chi connectivity index (χ1v) is 6.57. The lowest BCUT2D eigenvalue weighted by molar-refractivity contribution is -0.112. The van der Waals surface area contributed by atoms with Gasteiger partial charge in [-0.1, -0.05) is 6.07 Å². The first-order valence-electron chi connectivity index (χ1n) is 5.69. The molecule has 0 aliphatic heterocycles.